The van der Waals surface area contributed by atoms with Crippen LogP contribution in [0.2, 0.25) is 0 Å². The fraction of sp³-hybridized carbons (Fsp3) is 0.529. The molecule has 2 aromatic heterocycles. The first-order valence-corrected chi connectivity index (χ1v) is 7.99. The smallest absolute Gasteiger partial charge is 0.326 e. The highest BCUT2D eigenvalue weighted by Crippen LogP contribution is 2.28. The second kappa shape index (κ2) is 6.48. The minimum atomic E-state index is -0.205. The van der Waals surface area contributed by atoms with Crippen LogP contribution in [0.1, 0.15) is 38.3 Å². The van der Waals surface area contributed by atoms with Crippen LogP contribution in [0.25, 0.3) is 11.0 Å². The van der Waals surface area contributed by atoms with Crippen LogP contribution >= 0.6 is 0 Å². The Morgan fingerprint density at radius 2 is 2.41 bits per heavy atom. The van der Waals surface area contributed by atoms with Crippen LogP contribution in [-0.4, -0.2) is 34.7 Å². The van der Waals surface area contributed by atoms with Crippen molar-refractivity contribution in [3.63, 3.8) is 0 Å². The Balaban J connectivity index is 1.95. The van der Waals surface area contributed by atoms with Crippen LogP contribution in [0, 0.1) is 0 Å². The van der Waals surface area contributed by atoms with Gasteiger partial charge in [-0.3, -0.25) is 4.79 Å². The lowest BCUT2D eigenvalue weighted by Crippen LogP contribution is -2.30. The van der Waals surface area contributed by atoms with Gasteiger partial charge in [0.1, 0.15) is 12.2 Å². The third kappa shape index (κ3) is 3.14. The maximum absolute atomic E-state index is 12.1. The molecule has 0 amide bonds. The molecule has 22 heavy (non-hydrogen) atoms. The third-order valence-electron chi connectivity index (χ3n) is 4.06. The first kappa shape index (κ1) is 15.0. The van der Waals surface area contributed by atoms with Crippen LogP contribution < -0.4 is 5.32 Å². The van der Waals surface area contributed by atoms with Crippen molar-refractivity contribution in [1.29, 1.82) is 0 Å². The number of carbonyl (C=O) groups excluding carboxylic acids is 1. The summed E-state index contributed by atoms with van der Waals surface area (Å²) in [5.74, 6) is 0.220. The lowest BCUT2D eigenvalue weighted by Gasteiger charge is -2.24. The van der Waals surface area contributed by atoms with E-state index in [1.165, 1.54) is 5.69 Å². The highest BCUT2D eigenvalue weighted by molar-refractivity contribution is 5.80. The summed E-state index contributed by atoms with van der Waals surface area (Å²) >= 11 is 0. The Morgan fingerprint density at radius 1 is 1.55 bits per heavy atom. The number of rotatable bonds is 4. The van der Waals surface area contributed by atoms with Gasteiger partial charge in [-0.25, -0.2) is 4.98 Å². The number of piperidine rings is 1. The second-order valence-electron chi connectivity index (χ2n) is 6.15. The maximum Gasteiger partial charge on any atom is 0.326 e. The minimum Gasteiger partial charge on any atom is -0.462 e. The standard InChI is InChI=1S/C17H23N3O2/c1-12(2)22-16(21)11-20-15(14-6-3-7-18-10-14)9-13-5-4-8-19-17(13)20/h4-5,8-9,12,14,18H,3,6-7,10-11H2,1-2H3/t14-/m0/s1. The molecule has 0 radical (unpaired) electrons. The van der Waals surface area contributed by atoms with E-state index in [1.54, 1.807) is 6.20 Å². The van der Waals surface area contributed by atoms with Crippen LogP contribution in [0.5, 0.6) is 0 Å². The molecule has 5 nitrogen and oxygen atoms in total. The number of nitrogens with one attached hydrogen (secondary N) is 1. The van der Waals surface area contributed by atoms with E-state index < -0.39 is 0 Å². The fourth-order valence-electron chi connectivity index (χ4n) is 3.15. The molecule has 1 aliphatic heterocycles. The molecular formula is C17H23N3O2. The molecule has 3 rings (SSSR count). The van der Waals surface area contributed by atoms with Gasteiger partial charge in [0.15, 0.2) is 0 Å². The van der Waals surface area contributed by atoms with E-state index in [0.29, 0.717) is 5.92 Å². The molecule has 2 aromatic rings. The highest BCUT2D eigenvalue weighted by Gasteiger charge is 2.22. The van der Waals surface area contributed by atoms with Gasteiger partial charge in [-0.2, -0.15) is 0 Å². The summed E-state index contributed by atoms with van der Waals surface area (Å²) in [5, 5.41) is 4.52. The lowest BCUT2D eigenvalue weighted by molar-refractivity contribution is -0.148. The number of hydrogen-bond donors (Lipinski definition) is 1. The number of esters is 1. The Bertz CT molecular complexity index is 657. The van der Waals surface area contributed by atoms with Gasteiger partial charge in [-0.15, -0.1) is 0 Å². The molecule has 0 saturated carbocycles. The van der Waals surface area contributed by atoms with Crippen molar-refractivity contribution in [2.45, 2.75) is 45.3 Å². The molecular weight excluding hydrogens is 278 g/mol. The summed E-state index contributed by atoms with van der Waals surface area (Å²) in [7, 11) is 0. The zero-order chi connectivity index (χ0) is 15.5. The topological polar surface area (TPSA) is 56.1 Å². The molecule has 1 N–H and O–H groups in total. The van der Waals surface area contributed by atoms with Gasteiger partial charge in [0.25, 0.3) is 0 Å². The van der Waals surface area contributed by atoms with Crippen molar-refractivity contribution in [2.24, 2.45) is 0 Å². The van der Waals surface area contributed by atoms with Gasteiger partial charge >= 0.3 is 5.97 Å². The fourth-order valence-corrected chi connectivity index (χ4v) is 3.15. The summed E-state index contributed by atoms with van der Waals surface area (Å²) in [4.78, 5) is 16.6. The van der Waals surface area contributed by atoms with E-state index in [2.05, 4.69) is 16.4 Å². The van der Waals surface area contributed by atoms with Crippen LogP contribution in [0.3, 0.4) is 0 Å². The van der Waals surface area contributed by atoms with Gasteiger partial charge in [0.2, 0.25) is 0 Å². The number of ether oxygens (including phenoxy) is 1. The number of aromatic nitrogens is 2. The van der Waals surface area contributed by atoms with Gasteiger partial charge in [0, 0.05) is 29.7 Å². The van der Waals surface area contributed by atoms with Gasteiger partial charge < -0.3 is 14.6 Å². The lowest BCUT2D eigenvalue weighted by atomic mass is 9.96. The van der Waals surface area contributed by atoms with E-state index in [1.807, 2.05) is 30.5 Å². The third-order valence-corrected chi connectivity index (χ3v) is 4.06. The summed E-state index contributed by atoms with van der Waals surface area (Å²) in [6.07, 6.45) is 3.98. The number of pyridine rings is 1. The Kier molecular flexibility index (Phi) is 4.43. The molecule has 3 heterocycles. The quantitative estimate of drug-likeness (QED) is 0.881. The largest absolute Gasteiger partial charge is 0.462 e. The summed E-state index contributed by atoms with van der Waals surface area (Å²) < 4.78 is 7.34. The molecule has 0 spiro atoms. The Hall–Kier alpha value is -1.88. The molecule has 1 fully saturated rings. The highest BCUT2D eigenvalue weighted by atomic mass is 16.5. The molecule has 5 heteroatoms. The minimum absolute atomic E-state index is 0.0953. The Labute approximate surface area is 130 Å². The number of hydrogen-bond acceptors (Lipinski definition) is 4. The number of nitrogens with zero attached hydrogens (tertiary/aromatic N) is 2. The zero-order valence-corrected chi connectivity index (χ0v) is 13.2. The van der Waals surface area contributed by atoms with Crippen LogP contribution in [0.15, 0.2) is 24.4 Å². The average molecular weight is 301 g/mol. The van der Waals surface area contributed by atoms with Crippen molar-refractivity contribution in [1.82, 2.24) is 14.9 Å². The van der Waals surface area contributed by atoms with Crippen LogP contribution in [0.4, 0.5) is 0 Å². The van der Waals surface area contributed by atoms with E-state index in [9.17, 15) is 4.79 Å². The first-order valence-electron chi connectivity index (χ1n) is 7.99. The Morgan fingerprint density at radius 3 is 3.14 bits per heavy atom. The van der Waals surface area contributed by atoms with Gasteiger partial charge in [-0.1, -0.05) is 0 Å². The summed E-state index contributed by atoms with van der Waals surface area (Å²) in [5.41, 5.74) is 2.05. The molecule has 0 bridgehead atoms. The van der Waals surface area contributed by atoms with Crippen molar-refractivity contribution >= 4 is 17.0 Å². The molecule has 0 aromatic carbocycles. The van der Waals surface area contributed by atoms with Crippen molar-refractivity contribution < 1.29 is 9.53 Å². The zero-order valence-electron chi connectivity index (χ0n) is 13.2. The second-order valence-corrected chi connectivity index (χ2v) is 6.15. The number of carbonyl (C=O) groups is 1. The van der Waals surface area contributed by atoms with E-state index in [-0.39, 0.29) is 18.6 Å². The van der Waals surface area contributed by atoms with Gasteiger partial charge in [-0.05, 0) is 51.4 Å². The van der Waals surface area contributed by atoms with Crippen molar-refractivity contribution in [2.75, 3.05) is 13.1 Å². The SMILES string of the molecule is CC(C)OC(=O)Cn1c([C@H]2CCCNC2)cc2cccnc21. The van der Waals surface area contributed by atoms with Crippen molar-refractivity contribution in [3.05, 3.63) is 30.1 Å². The predicted molar refractivity (Wildman–Crippen MR) is 85.8 cm³/mol. The van der Waals surface area contributed by atoms with Crippen molar-refractivity contribution in [3.8, 4) is 0 Å². The number of fused-ring (bicyclic) bond motifs is 1. The van der Waals surface area contributed by atoms with E-state index >= 15 is 0 Å². The molecule has 0 unspecified atom stereocenters. The molecule has 1 atom stereocenters. The molecule has 0 aliphatic carbocycles. The average Bonchev–Trinajstić information content (AvgIpc) is 2.86. The molecule has 1 aliphatic rings. The summed E-state index contributed by atoms with van der Waals surface area (Å²) in [6.45, 7) is 6.00. The first-order chi connectivity index (χ1) is 10.6. The van der Waals surface area contributed by atoms with Gasteiger partial charge in [0.05, 0.1) is 6.10 Å². The normalized spacial score (nSPS) is 18.8. The van der Waals surface area contributed by atoms with Crippen LogP contribution in [-0.2, 0) is 16.1 Å². The van der Waals surface area contributed by atoms with E-state index in [4.69, 9.17) is 4.74 Å². The monoisotopic (exact) mass is 301 g/mol. The van der Waals surface area contributed by atoms with E-state index in [0.717, 1.165) is 37.0 Å². The molecule has 118 valence electrons. The predicted octanol–water partition coefficient (Wildman–Crippen LogP) is 2.45. The summed E-state index contributed by atoms with van der Waals surface area (Å²) in [6, 6.07) is 6.15. The molecule has 1 saturated heterocycles. The maximum atomic E-state index is 12.1.